The molecular weight excluding hydrogens is 368 g/mol. The Balaban J connectivity index is 1.63. The first kappa shape index (κ1) is 20.3. The molecular formula is C18H26N4O6. The molecule has 10 heteroatoms. The van der Waals surface area contributed by atoms with Gasteiger partial charge in [-0.05, 0) is 44.8 Å². The minimum absolute atomic E-state index is 0.106. The molecule has 1 aromatic rings. The van der Waals surface area contributed by atoms with Gasteiger partial charge in [0.05, 0.1) is 12.7 Å². The van der Waals surface area contributed by atoms with Crippen molar-refractivity contribution >= 4 is 17.7 Å². The second-order valence-corrected chi connectivity index (χ2v) is 7.45. The predicted octanol–water partition coefficient (Wildman–Crippen LogP) is 0.925. The molecule has 2 fully saturated rings. The van der Waals surface area contributed by atoms with Crippen LogP contribution in [0.25, 0.3) is 0 Å². The van der Waals surface area contributed by atoms with Crippen LogP contribution in [0.15, 0.2) is 16.5 Å². The Morgan fingerprint density at radius 1 is 1.43 bits per heavy atom. The quantitative estimate of drug-likeness (QED) is 0.520. The van der Waals surface area contributed by atoms with Gasteiger partial charge >= 0.3 is 5.88 Å². The topological polar surface area (TPSA) is 127 Å². The number of methoxy groups -OCH3 is 1. The van der Waals surface area contributed by atoms with Crippen LogP contribution in [-0.2, 0) is 9.53 Å². The molecule has 0 saturated carbocycles. The fraction of sp³-hybridized carbons (Fsp3) is 0.667. The molecule has 2 N–H and O–H groups in total. The van der Waals surface area contributed by atoms with E-state index in [4.69, 9.17) is 9.15 Å². The van der Waals surface area contributed by atoms with E-state index in [1.54, 1.807) is 7.11 Å². The first-order valence-electron chi connectivity index (χ1n) is 9.48. The number of piperidine rings is 1. The number of likely N-dealkylation sites (tertiary alicyclic amines) is 1. The van der Waals surface area contributed by atoms with Gasteiger partial charge in [0.2, 0.25) is 5.91 Å². The molecule has 0 spiro atoms. The molecule has 2 aliphatic heterocycles. The van der Waals surface area contributed by atoms with Crippen molar-refractivity contribution < 1.29 is 23.7 Å². The van der Waals surface area contributed by atoms with Gasteiger partial charge in [0.15, 0.2) is 5.76 Å². The number of hydrogen-bond donors (Lipinski definition) is 2. The number of carbonyl (C=O) groups is 2. The fourth-order valence-corrected chi connectivity index (χ4v) is 3.99. The highest BCUT2D eigenvalue weighted by Gasteiger charge is 2.38. The van der Waals surface area contributed by atoms with E-state index in [9.17, 15) is 19.7 Å². The Hall–Kier alpha value is -2.46. The zero-order valence-electron chi connectivity index (χ0n) is 15.9. The fourth-order valence-electron chi connectivity index (χ4n) is 3.99. The number of ether oxygens (including phenoxy) is 1. The number of amides is 2. The van der Waals surface area contributed by atoms with E-state index >= 15 is 0 Å². The number of nitrogens with zero attached hydrogens (tertiary/aromatic N) is 2. The summed E-state index contributed by atoms with van der Waals surface area (Å²) < 4.78 is 10.4. The SMILES string of the molecule is COCC1(CNC(=O)C2CCCN2C(=O)c2ccc([N+](=O)[O-])o2)CCNCC1. The average Bonchev–Trinajstić information content (AvgIpc) is 3.36. The minimum Gasteiger partial charge on any atom is -0.395 e. The predicted molar refractivity (Wildman–Crippen MR) is 98.8 cm³/mol. The van der Waals surface area contributed by atoms with Crippen molar-refractivity contribution in [3.05, 3.63) is 28.0 Å². The Morgan fingerprint density at radius 2 is 2.18 bits per heavy atom. The number of hydrogen-bond acceptors (Lipinski definition) is 7. The molecule has 3 rings (SSSR count). The summed E-state index contributed by atoms with van der Waals surface area (Å²) in [4.78, 5) is 37.0. The first-order valence-corrected chi connectivity index (χ1v) is 9.48. The number of rotatable bonds is 7. The Bertz CT molecular complexity index is 722. The van der Waals surface area contributed by atoms with Crippen LogP contribution in [0.4, 0.5) is 5.88 Å². The third-order valence-corrected chi connectivity index (χ3v) is 5.55. The summed E-state index contributed by atoms with van der Waals surface area (Å²) >= 11 is 0. The number of nitro groups is 1. The number of nitrogens with one attached hydrogen (secondary N) is 2. The first-order chi connectivity index (χ1) is 13.5. The van der Waals surface area contributed by atoms with Gasteiger partial charge in [-0.15, -0.1) is 0 Å². The maximum absolute atomic E-state index is 12.8. The molecule has 0 aromatic carbocycles. The van der Waals surface area contributed by atoms with Crippen molar-refractivity contribution in [2.45, 2.75) is 31.7 Å². The molecule has 2 amide bonds. The van der Waals surface area contributed by atoms with Crippen LogP contribution in [0.5, 0.6) is 0 Å². The normalized spacial score (nSPS) is 21.5. The maximum atomic E-state index is 12.8. The van der Waals surface area contributed by atoms with Crippen molar-refractivity contribution in [3.63, 3.8) is 0 Å². The standard InChI is InChI=1S/C18H26N4O6/c1-27-12-18(6-8-19-9-7-18)11-20-16(23)13-3-2-10-21(13)17(24)14-4-5-15(28-14)22(25)26/h4-5,13,19H,2-3,6-12H2,1H3,(H,20,23). The zero-order valence-corrected chi connectivity index (χ0v) is 15.9. The van der Waals surface area contributed by atoms with Crippen molar-refractivity contribution in [3.8, 4) is 0 Å². The number of carbonyl (C=O) groups excluding carboxylic acids is 2. The molecule has 0 bridgehead atoms. The van der Waals surface area contributed by atoms with Gasteiger partial charge < -0.3 is 24.7 Å². The minimum atomic E-state index is -0.695. The van der Waals surface area contributed by atoms with Crippen LogP contribution in [0, 0.1) is 15.5 Å². The molecule has 1 atom stereocenters. The molecule has 2 saturated heterocycles. The van der Waals surface area contributed by atoms with E-state index in [1.165, 1.54) is 11.0 Å². The third-order valence-electron chi connectivity index (χ3n) is 5.55. The van der Waals surface area contributed by atoms with Crippen LogP contribution in [-0.4, -0.2) is 67.6 Å². The van der Waals surface area contributed by atoms with Gasteiger partial charge in [0, 0.05) is 25.6 Å². The van der Waals surface area contributed by atoms with E-state index in [0.29, 0.717) is 32.5 Å². The molecule has 154 valence electrons. The van der Waals surface area contributed by atoms with Crippen molar-refractivity contribution in [2.75, 3.05) is 39.9 Å². The summed E-state index contributed by atoms with van der Waals surface area (Å²) in [6, 6.07) is 1.82. The van der Waals surface area contributed by atoms with E-state index < -0.39 is 22.8 Å². The lowest BCUT2D eigenvalue weighted by atomic mass is 9.79. The highest BCUT2D eigenvalue weighted by molar-refractivity contribution is 5.96. The van der Waals surface area contributed by atoms with Crippen molar-refractivity contribution in [1.29, 1.82) is 0 Å². The van der Waals surface area contributed by atoms with E-state index in [0.717, 1.165) is 32.0 Å². The van der Waals surface area contributed by atoms with Crippen LogP contribution >= 0.6 is 0 Å². The van der Waals surface area contributed by atoms with Crippen LogP contribution in [0.1, 0.15) is 36.2 Å². The maximum Gasteiger partial charge on any atom is 0.433 e. The van der Waals surface area contributed by atoms with E-state index in [1.807, 2.05) is 0 Å². The summed E-state index contributed by atoms with van der Waals surface area (Å²) in [6.07, 6.45) is 3.06. The molecule has 1 unspecified atom stereocenters. The van der Waals surface area contributed by atoms with E-state index in [2.05, 4.69) is 10.6 Å². The molecule has 2 aliphatic rings. The second-order valence-electron chi connectivity index (χ2n) is 7.45. The van der Waals surface area contributed by atoms with Gasteiger partial charge in [-0.3, -0.25) is 19.7 Å². The molecule has 0 radical (unpaired) electrons. The Morgan fingerprint density at radius 3 is 2.82 bits per heavy atom. The zero-order chi connectivity index (χ0) is 20.1. The van der Waals surface area contributed by atoms with Crippen molar-refractivity contribution in [1.82, 2.24) is 15.5 Å². The Kier molecular flexibility index (Phi) is 6.30. The van der Waals surface area contributed by atoms with Crippen LogP contribution in [0.3, 0.4) is 0 Å². The summed E-state index contributed by atoms with van der Waals surface area (Å²) in [7, 11) is 1.66. The lowest BCUT2D eigenvalue weighted by Gasteiger charge is -2.37. The lowest BCUT2D eigenvalue weighted by Crippen LogP contribution is -2.51. The smallest absolute Gasteiger partial charge is 0.395 e. The van der Waals surface area contributed by atoms with Crippen LogP contribution < -0.4 is 10.6 Å². The second kappa shape index (κ2) is 8.70. The summed E-state index contributed by atoms with van der Waals surface area (Å²) in [5.41, 5.74) is -0.106. The summed E-state index contributed by atoms with van der Waals surface area (Å²) in [6.45, 7) is 3.23. The molecule has 1 aromatic heterocycles. The molecule has 3 heterocycles. The van der Waals surface area contributed by atoms with Gasteiger partial charge in [-0.2, -0.15) is 0 Å². The van der Waals surface area contributed by atoms with Gasteiger partial charge in [0.25, 0.3) is 5.91 Å². The largest absolute Gasteiger partial charge is 0.433 e. The van der Waals surface area contributed by atoms with Gasteiger partial charge in [0.1, 0.15) is 11.0 Å². The third kappa shape index (κ3) is 4.33. The number of furan rings is 1. The molecule has 0 aliphatic carbocycles. The summed E-state index contributed by atoms with van der Waals surface area (Å²) in [5.74, 6) is -1.32. The summed E-state index contributed by atoms with van der Waals surface area (Å²) in [5, 5.41) is 17.1. The molecule has 28 heavy (non-hydrogen) atoms. The molecule has 10 nitrogen and oxygen atoms in total. The monoisotopic (exact) mass is 394 g/mol. The highest BCUT2D eigenvalue weighted by Crippen LogP contribution is 2.29. The van der Waals surface area contributed by atoms with Crippen molar-refractivity contribution in [2.24, 2.45) is 5.41 Å². The average molecular weight is 394 g/mol. The van der Waals surface area contributed by atoms with Crippen LogP contribution in [0.2, 0.25) is 0 Å². The van der Waals surface area contributed by atoms with Gasteiger partial charge in [-0.1, -0.05) is 0 Å². The van der Waals surface area contributed by atoms with E-state index in [-0.39, 0.29) is 17.1 Å². The van der Waals surface area contributed by atoms with Gasteiger partial charge in [-0.25, -0.2) is 0 Å². The lowest BCUT2D eigenvalue weighted by molar-refractivity contribution is -0.402. The Labute approximate surface area is 162 Å². The highest BCUT2D eigenvalue weighted by atomic mass is 16.6.